The first-order valence-corrected chi connectivity index (χ1v) is 10.3. The lowest BCUT2D eigenvalue weighted by Gasteiger charge is -2.20. The van der Waals surface area contributed by atoms with Gasteiger partial charge < -0.3 is 5.32 Å². The smallest absolute Gasteiger partial charge is 0.263 e. The summed E-state index contributed by atoms with van der Waals surface area (Å²) in [5, 5.41) is 12.3. The van der Waals surface area contributed by atoms with Crippen LogP contribution in [0.25, 0.3) is 0 Å². The summed E-state index contributed by atoms with van der Waals surface area (Å²) in [4.78, 5) is 40.1. The van der Waals surface area contributed by atoms with E-state index in [2.05, 4.69) is 15.7 Å². The highest BCUT2D eigenvalue weighted by Crippen LogP contribution is 2.32. The molecule has 8 nitrogen and oxygen atoms in total. The zero-order valence-corrected chi connectivity index (χ0v) is 16.9. The van der Waals surface area contributed by atoms with Gasteiger partial charge in [-0.2, -0.15) is 5.11 Å². The van der Waals surface area contributed by atoms with E-state index >= 15 is 0 Å². The fourth-order valence-electron chi connectivity index (χ4n) is 3.25. The first kappa shape index (κ1) is 19.4. The van der Waals surface area contributed by atoms with Crippen LogP contribution in [0.4, 0.5) is 11.4 Å². The highest BCUT2D eigenvalue weighted by atomic mass is 35.5. The monoisotopic (exact) mass is 429 g/mol. The Bertz CT molecular complexity index is 1010. The fourth-order valence-corrected chi connectivity index (χ4v) is 3.83. The molecule has 2 aromatic carbocycles. The van der Waals surface area contributed by atoms with Crippen molar-refractivity contribution in [2.24, 2.45) is 10.3 Å². The van der Waals surface area contributed by atoms with Gasteiger partial charge in [-0.25, -0.2) is 4.90 Å². The molecule has 1 fully saturated rings. The maximum Gasteiger partial charge on any atom is 0.263 e. The molecule has 148 valence electrons. The van der Waals surface area contributed by atoms with Crippen molar-refractivity contribution < 1.29 is 14.4 Å². The first-order valence-electron chi connectivity index (χ1n) is 8.72. The topological polar surface area (TPSA) is 94.4 Å². The van der Waals surface area contributed by atoms with Crippen LogP contribution in [0, 0.1) is 0 Å². The molecule has 2 aromatic rings. The lowest BCUT2D eigenvalue weighted by Crippen LogP contribution is -2.43. The number of halogens is 1. The largest absolute Gasteiger partial charge is 0.324 e. The molecule has 0 radical (unpaired) electrons. The van der Waals surface area contributed by atoms with Gasteiger partial charge in [0, 0.05) is 15.6 Å². The SMILES string of the molecule is CSc1cccc(NC(=O)CN2N=N[C@@H]3C(=O)N(c4ccc(Cl)cc4)C(=O)[C@H]32)c1. The van der Waals surface area contributed by atoms with Crippen LogP contribution in [0.5, 0.6) is 0 Å². The molecule has 0 aromatic heterocycles. The maximum absolute atomic E-state index is 12.9. The molecule has 2 aliphatic heterocycles. The molecule has 4 rings (SSSR count). The van der Waals surface area contributed by atoms with Crippen LogP contribution in [-0.4, -0.2) is 47.6 Å². The minimum absolute atomic E-state index is 0.193. The molecular weight excluding hydrogens is 414 g/mol. The summed E-state index contributed by atoms with van der Waals surface area (Å²) >= 11 is 7.44. The third kappa shape index (κ3) is 3.70. The molecule has 2 heterocycles. The van der Waals surface area contributed by atoms with Crippen LogP contribution in [0.3, 0.4) is 0 Å². The third-order valence-corrected chi connectivity index (χ3v) is 5.58. The Morgan fingerprint density at radius 1 is 1.17 bits per heavy atom. The number of carbonyl (C=O) groups excluding carboxylic acids is 3. The summed E-state index contributed by atoms with van der Waals surface area (Å²) in [6.07, 6.45) is 1.95. The minimum atomic E-state index is -0.953. The highest BCUT2D eigenvalue weighted by Gasteiger charge is 2.55. The van der Waals surface area contributed by atoms with Gasteiger partial charge in [0.25, 0.3) is 11.8 Å². The molecular formula is C19H16ClN5O3S. The zero-order valence-electron chi connectivity index (χ0n) is 15.3. The number of rotatable bonds is 5. The number of nitrogens with zero attached hydrogens (tertiary/aromatic N) is 4. The number of anilines is 2. The van der Waals surface area contributed by atoms with Gasteiger partial charge in [0.05, 0.1) is 5.69 Å². The van der Waals surface area contributed by atoms with Gasteiger partial charge in [0.1, 0.15) is 6.54 Å². The predicted octanol–water partition coefficient (Wildman–Crippen LogP) is 2.99. The number of benzene rings is 2. The molecule has 0 bridgehead atoms. The molecule has 2 atom stereocenters. The Hall–Kier alpha value is -2.91. The van der Waals surface area contributed by atoms with E-state index < -0.39 is 23.9 Å². The fraction of sp³-hybridized carbons (Fsp3) is 0.211. The van der Waals surface area contributed by atoms with Crippen LogP contribution in [0.1, 0.15) is 0 Å². The standard InChI is InChI=1S/C19H16ClN5O3S/c1-29-14-4-2-3-12(9-14)21-15(26)10-24-17-16(22-23-24)18(27)25(19(17)28)13-7-5-11(20)6-8-13/h2-9,16-17H,10H2,1H3,(H,21,26)/t16-,17-/m0/s1. The van der Waals surface area contributed by atoms with Crippen molar-refractivity contribution >= 4 is 52.5 Å². The Balaban J connectivity index is 1.47. The number of imide groups is 1. The highest BCUT2D eigenvalue weighted by molar-refractivity contribution is 7.98. The normalized spacial score (nSPS) is 20.3. The van der Waals surface area contributed by atoms with Gasteiger partial charge in [-0.1, -0.05) is 22.9 Å². The minimum Gasteiger partial charge on any atom is -0.324 e. The summed E-state index contributed by atoms with van der Waals surface area (Å²) < 4.78 is 0. The number of fused-ring (bicyclic) bond motifs is 1. The number of amides is 3. The second kappa shape index (κ2) is 7.84. The van der Waals surface area contributed by atoms with E-state index in [1.54, 1.807) is 42.1 Å². The molecule has 29 heavy (non-hydrogen) atoms. The molecule has 2 aliphatic rings. The van der Waals surface area contributed by atoms with Gasteiger partial charge in [-0.3, -0.25) is 19.4 Å². The van der Waals surface area contributed by atoms with E-state index in [1.165, 1.54) is 5.01 Å². The van der Waals surface area contributed by atoms with Crippen molar-refractivity contribution in [3.63, 3.8) is 0 Å². The van der Waals surface area contributed by atoms with E-state index in [0.717, 1.165) is 9.80 Å². The number of thioether (sulfide) groups is 1. The first-order chi connectivity index (χ1) is 14.0. The molecule has 1 N–H and O–H groups in total. The third-order valence-electron chi connectivity index (χ3n) is 4.60. The van der Waals surface area contributed by atoms with Gasteiger partial charge in [-0.05, 0) is 48.7 Å². The summed E-state index contributed by atoms with van der Waals surface area (Å²) in [6.45, 7) is -0.193. The lowest BCUT2D eigenvalue weighted by molar-refractivity contribution is -0.123. The molecule has 0 spiro atoms. The number of hydrogen-bond acceptors (Lipinski definition) is 7. The Morgan fingerprint density at radius 3 is 2.66 bits per heavy atom. The van der Waals surface area contributed by atoms with Crippen LogP contribution < -0.4 is 10.2 Å². The van der Waals surface area contributed by atoms with Crippen molar-refractivity contribution in [3.05, 3.63) is 53.6 Å². The predicted molar refractivity (Wildman–Crippen MR) is 110 cm³/mol. The van der Waals surface area contributed by atoms with Gasteiger partial charge in [0.2, 0.25) is 5.91 Å². The molecule has 10 heteroatoms. The van der Waals surface area contributed by atoms with Crippen molar-refractivity contribution in [1.82, 2.24) is 5.01 Å². The maximum atomic E-state index is 12.9. The summed E-state index contributed by atoms with van der Waals surface area (Å²) in [5.74, 6) is -1.29. The van der Waals surface area contributed by atoms with Crippen LogP contribution >= 0.6 is 23.4 Å². The summed E-state index contributed by atoms with van der Waals surface area (Å²) in [5.41, 5.74) is 1.05. The lowest BCUT2D eigenvalue weighted by atomic mass is 10.1. The number of carbonyl (C=O) groups is 3. The quantitative estimate of drug-likeness (QED) is 0.582. The van der Waals surface area contributed by atoms with Crippen molar-refractivity contribution in [3.8, 4) is 0 Å². The summed E-state index contributed by atoms with van der Waals surface area (Å²) in [7, 11) is 0. The van der Waals surface area contributed by atoms with E-state index in [-0.39, 0.29) is 12.5 Å². The molecule has 3 amide bonds. The van der Waals surface area contributed by atoms with Gasteiger partial charge in [0.15, 0.2) is 12.1 Å². The average Bonchev–Trinajstić information content (AvgIpc) is 3.23. The van der Waals surface area contributed by atoms with E-state index in [1.807, 2.05) is 24.5 Å². The van der Waals surface area contributed by atoms with E-state index in [0.29, 0.717) is 16.4 Å². The van der Waals surface area contributed by atoms with Crippen LogP contribution in [0.2, 0.25) is 5.02 Å². The van der Waals surface area contributed by atoms with Crippen LogP contribution in [-0.2, 0) is 14.4 Å². The Labute approximate surface area is 175 Å². The Kier molecular flexibility index (Phi) is 5.25. The van der Waals surface area contributed by atoms with Crippen molar-refractivity contribution in [1.29, 1.82) is 0 Å². The van der Waals surface area contributed by atoms with E-state index in [9.17, 15) is 14.4 Å². The van der Waals surface area contributed by atoms with Gasteiger partial charge >= 0.3 is 0 Å². The van der Waals surface area contributed by atoms with Gasteiger partial charge in [-0.15, -0.1) is 11.8 Å². The summed E-state index contributed by atoms with van der Waals surface area (Å²) in [6, 6.07) is 11.9. The number of hydrogen-bond donors (Lipinski definition) is 1. The van der Waals surface area contributed by atoms with Crippen LogP contribution in [0.15, 0.2) is 63.8 Å². The molecule has 1 saturated heterocycles. The van der Waals surface area contributed by atoms with Crippen molar-refractivity contribution in [2.45, 2.75) is 17.0 Å². The zero-order chi connectivity index (χ0) is 20.5. The average molecular weight is 430 g/mol. The molecule has 0 unspecified atom stereocenters. The Morgan fingerprint density at radius 2 is 1.93 bits per heavy atom. The van der Waals surface area contributed by atoms with Crippen molar-refractivity contribution in [2.75, 3.05) is 23.0 Å². The molecule has 0 aliphatic carbocycles. The second-order valence-electron chi connectivity index (χ2n) is 6.46. The second-order valence-corrected chi connectivity index (χ2v) is 7.78. The van der Waals surface area contributed by atoms with E-state index in [4.69, 9.17) is 11.6 Å². The number of nitrogens with one attached hydrogen (secondary N) is 1. The molecule has 0 saturated carbocycles.